The third kappa shape index (κ3) is 4.52. The van der Waals surface area contributed by atoms with E-state index in [9.17, 15) is 23.4 Å². The van der Waals surface area contributed by atoms with Gasteiger partial charge < -0.3 is 19.9 Å². The highest BCUT2D eigenvalue weighted by atomic mass is 32.2. The average molecular weight is 521 g/mol. The lowest BCUT2D eigenvalue weighted by Gasteiger charge is -2.41. The largest absolute Gasteiger partial charge is 0.493 e. The Hall–Kier alpha value is -2.84. The fraction of sp³-hybridized carbons (Fsp3) is 0.522. The first-order valence-corrected chi connectivity index (χ1v) is 13.4. The molecule has 0 saturated carbocycles. The van der Waals surface area contributed by atoms with Gasteiger partial charge in [0.05, 0.1) is 22.8 Å². The second-order valence-corrected chi connectivity index (χ2v) is 10.5. The third-order valence-electron chi connectivity index (χ3n) is 6.31. The van der Waals surface area contributed by atoms with Gasteiger partial charge in [0.25, 0.3) is 5.56 Å². The van der Waals surface area contributed by atoms with Crippen LogP contribution in [0.15, 0.2) is 27.9 Å². The summed E-state index contributed by atoms with van der Waals surface area (Å²) >= 11 is 0. The highest BCUT2D eigenvalue weighted by molar-refractivity contribution is 7.89. The van der Waals surface area contributed by atoms with E-state index in [2.05, 4.69) is 15.1 Å². The lowest BCUT2D eigenvalue weighted by molar-refractivity contribution is -0.149. The number of rotatable bonds is 8. The minimum atomic E-state index is -4.20. The van der Waals surface area contributed by atoms with Gasteiger partial charge in [-0.2, -0.15) is 9.40 Å². The number of aryl methyl sites for hydroxylation is 2. The predicted molar refractivity (Wildman–Crippen MR) is 133 cm³/mol. The summed E-state index contributed by atoms with van der Waals surface area (Å²) in [6, 6.07) is 4.24. The lowest BCUT2D eigenvalue weighted by Crippen LogP contribution is -2.60. The van der Waals surface area contributed by atoms with Crippen molar-refractivity contribution in [1.82, 2.24) is 29.0 Å². The van der Waals surface area contributed by atoms with E-state index >= 15 is 0 Å². The van der Waals surface area contributed by atoms with Crippen LogP contribution in [0.4, 0.5) is 0 Å². The van der Waals surface area contributed by atoms with Crippen molar-refractivity contribution in [3.63, 3.8) is 0 Å². The average Bonchev–Trinajstić information content (AvgIpc) is 3.16. The number of piperazine rings is 1. The zero-order valence-electron chi connectivity index (χ0n) is 20.8. The number of H-pyrrole nitrogens is 1. The van der Waals surface area contributed by atoms with Crippen molar-refractivity contribution < 1.29 is 23.4 Å². The number of aromatic amines is 1. The minimum absolute atomic E-state index is 0.00799. The Balaban J connectivity index is 1.84. The van der Waals surface area contributed by atoms with E-state index in [0.717, 1.165) is 10.7 Å². The quantitative estimate of drug-likeness (QED) is 0.388. The minimum Gasteiger partial charge on any atom is -0.493 e. The Morgan fingerprint density at radius 3 is 2.58 bits per heavy atom. The maximum atomic E-state index is 13.5. The van der Waals surface area contributed by atoms with E-state index in [4.69, 9.17) is 4.74 Å². The molecule has 1 fully saturated rings. The Labute approximate surface area is 209 Å². The van der Waals surface area contributed by atoms with Gasteiger partial charge >= 0.3 is 0 Å². The summed E-state index contributed by atoms with van der Waals surface area (Å²) in [6.07, 6.45) is -1.53. The highest BCUT2D eigenvalue weighted by Crippen LogP contribution is 2.33. The molecule has 36 heavy (non-hydrogen) atoms. The number of sulfonamides is 1. The van der Waals surface area contributed by atoms with E-state index in [1.165, 1.54) is 22.9 Å². The summed E-state index contributed by atoms with van der Waals surface area (Å²) < 4.78 is 35.1. The van der Waals surface area contributed by atoms with Crippen LogP contribution in [0.3, 0.4) is 0 Å². The summed E-state index contributed by atoms with van der Waals surface area (Å²) in [5.41, 5.74) is 1.33. The van der Waals surface area contributed by atoms with Crippen molar-refractivity contribution >= 4 is 21.1 Å². The van der Waals surface area contributed by atoms with Crippen LogP contribution in [0.1, 0.15) is 32.9 Å². The molecule has 2 aromatic heterocycles. The molecule has 13 heteroatoms. The zero-order chi connectivity index (χ0) is 26.2. The van der Waals surface area contributed by atoms with Gasteiger partial charge in [-0.05, 0) is 38.1 Å². The number of nitrogens with one attached hydrogen (secondary N) is 1. The van der Waals surface area contributed by atoms with Gasteiger partial charge in [0.1, 0.15) is 23.3 Å². The van der Waals surface area contributed by atoms with Crippen LogP contribution < -0.4 is 10.3 Å². The van der Waals surface area contributed by atoms with Crippen molar-refractivity contribution in [2.24, 2.45) is 7.05 Å². The third-order valence-corrected chi connectivity index (χ3v) is 8.18. The SMILES string of the molecule is CCCc1nn(C)c2c(=O)[nH]c(-c3cc(S(=O)(=O)N4CCN(CC)C(O)C4O)ccc3OCC)nc12. The molecule has 0 bridgehead atoms. The molecule has 2 atom stereocenters. The maximum absolute atomic E-state index is 13.5. The number of nitrogens with zero attached hydrogens (tertiary/aromatic N) is 5. The van der Waals surface area contributed by atoms with Crippen LogP contribution in [-0.4, -0.2) is 86.3 Å². The Morgan fingerprint density at radius 1 is 1.17 bits per heavy atom. The molecule has 3 aromatic rings. The smallest absolute Gasteiger partial charge is 0.277 e. The van der Waals surface area contributed by atoms with Crippen LogP contribution in [0.25, 0.3) is 22.4 Å². The number of benzene rings is 1. The van der Waals surface area contributed by atoms with E-state index < -0.39 is 28.0 Å². The van der Waals surface area contributed by atoms with Crippen LogP contribution in [0.5, 0.6) is 5.75 Å². The molecule has 0 aliphatic carbocycles. The molecule has 0 radical (unpaired) electrons. The molecule has 3 heterocycles. The van der Waals surface area contributed by atoms with Crippen molar-refractivity contribution in [2.75, 3.05) is 26.2 Å². The Morgan fingerprint density at radius 2 is 1.92 bits per heavy atom. The van der Waals surface area contributed by atoms with Crippen LogP contribution in [0.2, 0.25) is 0 Å². The first kappa shape index (κ1) is 26.2. The molecule has 1 aromatic carbocycles. The first-order chi connectivity index (χ1) is 17.1. The lowest BCUT2D eigenvalue weighted by atomic mass is 10.1. The van der Waals surface area contributed by atoms with Crippen molar-refractivity contribution in [2.45, 2.75) is 51.0 Å². The van der Waals surface area contributed by atoms with Crippen LogP contribution in [-0.2, 0) is 23.5 Å². The molecule has 2 unspecified atom stereocenters. The number of aliphatic hydroxyl groups excluding tert-OH is 2. The predicted octanol–water partition coefficient (Wildman–Crippen LogP) is 0.638. The van der Waals surface area contributed by atoms with Gasteiger partial charge in [-0.25, -0.2) is 13.4 Å². The number of ether oxygens (including phenoxy) is 1. The normalized spacial score (nSPS) is 19.7. The molecule has 0 spiro atoms. The molecule has 1 aliphatic rings. The molecule has 3 N–H and O–H groups in total. The summed E-state index contributed by atoms with van der Waals surface area (Å²) in [5, 5.41) is 25.3. The molecular weight excluding hydrogens is 488 g/mol. The molecule has 1 aliphatic heterocycles. The number of hydrogen-bond acceptors (Lipinski definition) is 9. The topological polar surface area (TPSA) is 154 Å². The van der Waals surface area contributed by atoms with E-state index in [1.54, 1.807) is 18.9 Å². The Bertz CT molecular complexity index is 1420. The summed E-state index contributed by atoms with van der Waals surface area (Å²) in [5.74, 6) is 0.492. The van der Waals surface area contributed by atoms with Crippen LogP contribution >= 0.6 is 0 Å². The molecule has 1 saturated heterocycles. The monoisotopic (exact) mass is 520 g/mol. The second kappa shape index (κ2) is 10.3. The van der Waals surface area contributed by atoms with Crippen LogP contribution in [0, 0.1) is 0 Å². The summed E-state index contributed by atoms with van der Waals surface area (Å²) in [7, 11) is -2.52. The fourth-order valence-electron chi connectivity index (χ4n) is 4.49. The molecule has 0 amide bonds. The molecule has 4 rings (SSSR count). The second-order valence-electron chi connectivity index (χ2n) is 8.59. The number of likely N-dealkylation sites (N-methyl/N-ethyl adjacent to an activating group) is 1. The van der Waals surface area contributed by atoms with E-state index in [0.29, 0.717) is 42.0 Å². The fourth-order valence-corrected chi connectivity index (χ4v) is 5.98. The number of aliphatic hydroxyl groups is 2. The van der Waals surface area contributed by atoms with Gasteiger partial charge in [0.15, 0.2) is 11.7 Å². The van der Waals surface area contributed by atoms with Gasteiger partial charge in [-0.1, -0.05) is 20.3 Å². The number of fused-ring (bicyclic) bond motifs is 1. The van der Waals surface area contributed by atoms with E-state index in [1.807, 2.05) is 13.8 Å². The van der Waals surface area contributed by atoms with Crippen molar-refractivity contribution in [3.8, 4) is 17.1 Å². The molecular formula is C23H32N6O6S. The van der Waals surface area contributed by atoms with Gasteiger partial charge in [-0.3, -0.25) is 14.4 Å². The molecule has 196 valence electrons. The standard InChI is InChI=1S/C23H32N6O6S/c1-5-8-16-18-19(27(4)26-16)21(30)25-20(24-18)15-13-14(9-10-17(15)35-7-3)36(33,34)29-12-11-28(6-2)22(31)23(29)32/h9-10,13,22-23,31-32H,5-8,11-12H2,1-4H3,(H,24,25,30). The molecule has 12 nitrogen and oxygen atoms in total. The van der Waals surface area contributed by atoms with Gasteiger partial charge in [0.2, 0.25) is 10.0 Å². The van der Waals surface area contributed by atoms with Gasteiger partial charge in [-0.15, -0.1) is 0 Å². The Kier molecular flexibility index (Phi) is 7.48. The maximum Gasteiger partial charge on any atom is 0.277 e. The van der Waals surface area contributed by atoms with E-state index in [-0.39, 0.29) is 29.4 Å². The van der Waals surface area contributed by atoms with Crippen molar-refractivity contribution in [1.29, 1.82) is 0 Å². The number of hydrogen-bond donors (Lipinski definition) is 3. The zero-order valence-corrected chi connectivity index (χ0v) is 21.6. The summed E-state index contributed by atoms with van der Waals surface area (Å²) in [6.45, 7) is 6.66. The van der Waals surface area contributed by atoms with Gasteiger partial charge in [0, 0.05) is 20.1 Å². The summed E-state index contributed by atoms with van der Waals surface area (Å²) in [4.78, 5) is 21.8. The van der Waals surface area contributed by atoms with Crippen molar-refractivity contribution in [3.05, 3.63) is 34.2 Å². The first-order valence-electron chi connectivity index (χ1n) is 12.0. The highest BCUT2D eigenvalue weighted by Gasteiger charge is 2.40. The number of aromatic nitrogens is 4.